The molecule has 0 atom stereocenters. The summed E-state index contributed by atoms with van der Waals surface area (Å²) < 4.78 is 65.0. The lowest BCUT2D eigenvalue weighted by Gasteiger charge is -2.12. The highest BCUT2D eigenvalue weighted by Gasteiger charge is 2.25. The van der Waals surface area contributed by atoms with Crippen LogP contribution in [0.3, 0.4) is 0 Å². The zero-order valence-corrected chi connectivity index (χ0v) is 9.38. The number of hydrogen-bond donors (Lipinski definition) is 0. The van der Waals surface area contributed by atoms with Crippen LogP contribution in [-0.2, 0) is 6.42 Å². The summed E-state index contributed by atoms with van der Waals surface area (Å²) in [6.45, 7) is 6.97. The molecule has 0 aliphatic rings. The van der Waals surface area contributed by atoms with Gasteiger partial charge in [-0.25, -0.2) is 22.0 Å². The van der Waals surface area contributed by atoms with E-state index in [1.165, 1.54) is 0 Å². The first kappa shape index (κ1) is 13.7. The third-order valence-corrected chi connectivity index (χ3v) is 2.52. The van der Waals surface area contributed by atoms with Crippen LogP contribution in [0, 0.1) is 35.0 Å². The summed E-state index contributed by atoms with van der Waals surface area (Å²) >= 11 is 0. The number of rotatable bonds is 3. The summed E-state index contributed by atoms with van der Waals surface area (Å²) in [5, 5.41) is 0. The molecule has 1 rings (SSSR count). The number of allylic oxidation sites excluding steroid dienone is 1. The molecule has 0 aliphatic heterocycles. The van der Waals surface area contributed by atoms with Gasteiger partial charge in [-0.2, -0.15) is 0 Å². The van der Waals surface area contributed by atoms with Gasteiger partial charge < -0.3 is 0 Å². The summed E-state index contributed by atoms with van der Waals surface area (Å²) in [5.41, 5.74) is -0.437. The maximum Gasteiger partial charge on any atom is 0.200 e. The SMILES string of the molecule is C=C(Cc1c(F)c(F)c(F)c(F)c1F)C(C)C. The molecule has 0 amide bonds. The quantitative estimate of drug-likeness (QED) is 0.327. The van der Waals surface area contributed by atoms with E-state index in [0.717, 1.165) is 0 Å². The Morgan fingerprint density at radius 2 is 1.24 bits per heavy atom. The Morgan fingerprint density at radius 1 is 0.882 bits per heavy atom. The van der Waals surface area contributed by atoms with E-state index in [1.54, 1.807) is 13.8 Å². The largest absolute Gasteiger partial charge is 0.203 e. The lowest BCUT2D eigenvalue weighted by molar-refractivity contribution is 0.370. The summed E-state index contributed by atoms with van der Waals surface area (Å²) in [4.78, 5) is 0. The van der Waals surface area contributed by atoms with Gasteiger partial charge in [0.05, 0.1) is 0 Å². The van der Waals surface area contributed by atoms with E-state index in [9.17, 15) is 22.0 Å². The number of hydrogen-bond acceptors (Lipinski definition) is 0. The maximum atomic E-state index is 13.3. The van der Waals surface area contributed by atoms with Gasteiger partial charge in [-0.15, -0.1) is 0 Å². The van der Waals surface area contributed by atoms with Crippen LogP contribution < -0.4 is 0 Å². The van der Waals surface area contributed by atoms with Gasteiger partial charge >= 0.3 is 0 Å². The van der Waals surface area contributed by atoms with Gasteiger partial charge in [0.1, 0.15) is 0 Å². The standard InChI is InChI=1S/C12H11F5/c1-5(2)6(3)4-7-8(13)10(15)12(17)11(16)9(7)14/h5H,3-4H2,1-2H3. The highest BCUT2D eigenvalue weighted by Crippen LogP contribution is 2.26. The molecule has 0 heterocycles. The molecule has 1 aromatic rings. The third kappa shape index (κ3) is 2.48. The average Bonchev–Trinajstić information content (AvgIpc) is 2.29. The minimum atomic E-state index is -2.14. The van der Waals surface area contributed by atoms with Crippen molar-refractivity contribution in [3.8, 4) is 0 Å². The Bertz CT molecular complexity index is 433. The van der Waals surface area contributed by atoms with Crippen LogP contribution in [0.4, 0.5) is 22.0 Å². The molecule has 0 fully saturated rings. The van der Waals surface area contributed by atoms with Crippen molar-refractivity contribution in [2.45, 2.75) is 20.3 Å². The summed E-state index contributed by atoms with van der Waals surface area (Å²) in [6.07, 6.45) is -0.372. The zero-order chi connectivity index (χ0) is 13.3. The monoisotopic (exact) mass is 250 g/mol. The molecule has 0 spiro atoms. The van der Waals surface area contributed by atoms with Crippen molar-refractivity contribution in [3.63, 3.8) is 0 Å². The lowest BCUT2D eigenvalue weighted by atomic mass is 9.96. The minimum absolute atomic E-state index is 0.107. The second-order valence-corrected chi connectivity index (χ2v) is 4.04. The Kier molecular flexibility index (Phi) is 3.91. The predicted octanol–water partition coefficient (Wildman–Crippen LogP) is 4.14. The van der Waals surface area contributed by atoms with E-state index in [0.29, 0.717) is 5.57 Å². The molecule has 0 bridgehead atoms. The van der Waals surface area contributed by atoms with Gasteiger partial charge in [-0.1, -0.05) is 26.0 Å². The summed E-state index contributed by atoms with van der Waals surface area (Å²) in [5.74, 6) is -9.67. The van der Waals surface area contributed by atoms with E-state index >= 15 is 0 Å². The maximum absolute atomic E-state index is 13.3. The van der Waals surface area contributed by atoms with Gasteiger partial charge in [-0.05, 0) is 12.3 Å². The topological polar surface area (TPSA) is 0 Å². The molecule has 0 radical (unpaired) electrons. The van der Waals surface area contributed by atoms with Crippen molar-refractivity contribution in [1.82, 2.24) is 0 Å². The molecular formula is C12H11F5. The zero-order valence-electron chi connectivity index (χ0n) is 9.38. The molecular weight excluding hydrogens is 239 g/mol. The van der Waals surface area contributed by atoms with Crippen LogP contribution in [0.1, 0.15) is 19.4 Å². The van der Waals surface area contributed by atoms with E-state index in [2.05, 4.69) is 6.58 Å². The molecule has 0 unspecified atom stereocenters. The summed E-state index contributed by atoms with van der Waals surface area (Å²) in [7, 11) is 0. The normalized spacial score (nSPS) is 11.1. The van der Waals surface area contributed by atoms with E-state index in [1.807, 2.05) is 0 Å². The third-order valence-electron chi connectivity index (χ3n) is 2.52. The van der Waals surface area contributed by atoms with Gasteiger partial charge in [0, 0.05) is 5.56 Å². The van der Waals surface area contributed by atoms with Gasteiger partial charge in [0.15, 0.2) is 23.3 Å². The van der Waals surface area contributed by atoms with Crippen molar-refractivity contribution in [3.05, 3.63) is 46.8 Å². The van der Waals surface area contributed by atoms with Crippen LogP contribution in [0.5, 0.6) is 0 Å². The fourth-order valence-corrected chi connectivity index (χ4v) is 1.24. The molecule has 5 heteroatoms. The van der Waals surface area contributed by atoms with Gasteiger partial charge in [0.25, 0.3) is 0 Å². The second kappa shape index (κ2) is 4.85. The van der Waals surface area contributed by atoms with E-state index in [4.69, 9.17) is 0 Å². The molecule has 94 valence electrons. The second-order valence-electron chi connectivity index (χ2n) is 4.04. The van der Waals surface area contributed by atoms with Crippen LogP contribution >= 0.6 is 0 Å². The van der Waals surface area contributed by atoms with Gasteiger partial charge in [-0.3, -0.25) is 0 Å². The van der Waals surface area contributed by atoms with Crippen LogP contribution in [0.15, 0.2) is 12.2 Å². The highest BCUT2D eigenvalue weighted by atomic mass is 19.2. The van der Waals surface area contributed by atoms with Crippen molar-refractivity contribution >= 4 is 0 Å². The molecule has 0 N–H and O–H groups in total. The predicted molar refractivity (Wildman–Crippen MR) is 53.9 cm³/mol. The minimum Gasteiger partial charge on any atom is -0.203 e. The van der Waals surface area contributed by atoms with Crippen LogP contribution in [-0.4, -0.2) is 0 Å². The molecule has 1 aromatic carbocycles. The first-order chi connectivity index (χ1) is 7.77. The van der Waals surface area contributed by atoms with Crippen LogP contribution in [0.25, 0.3) is 0 Å². The van der Waals surface area contributed by atoms with Gasteiger partial charge in [0.2, 0.25) is 5.82 Å². The smallest absolute Gasteiger partial charge is 0.200 e. The lowest BCUT2D eigenvalue weighted by Crippen LogP contribution is -2.09. The van der Waals surface area contributed by atoms with E-state index in [-0.39, 0.29) is 12.3 Å². The average molecular weight is 250 g/mol. The van der Waals surface area contributed by atoms with Crippen LogP contribution in [0.2, 0.25) is 0 Å². The molecule has 0 aliphatic carbocycles. The summed E-state index contributed by atoms with van der Waals surface area (Å²) in [6, 6.07) is 0. The molecule has 17 heavy (non-hydrogen) atoms. The highest BCUT2D eigenvalue weighted by molar-refractivity contribution is 5.28. The molecule has 0 saturated carbocycles. The first-order valence-electron chi connectivity index (χ1n) is 4.95. The van der Waals surface area contributed by atoms with Crippen molar-refractivity contribution < 1.29 is 22.0 Å². The Hall–Kier alpha value is -1.39. The molecule has 0 aromatic heterocycles. The molecule has 0 saturated heterocycles. The van der Waals surface area contributed by atoms with E-state index < -0.39 is 34.6 Å². The van der Waals surface area contributed by atoms with Crippen molar-refractivity contribution in [2.75, 3.05) is 0 Å². The number of halogens is 5. The fourth-order valence-electron chi connectivity index (χ4n) is 1.24. The Morgan fingerprint density at radius 3 is 1.59 bits per heavy atom. The Labute approximate surface area is 95.8 Å². The van der Waals surface area contributed by atoms with Crippen molar-refractivity contribution in [1.29, 1.82) is 0 Å². The Balaban J connectivity index is 3.30. The molecule has 0 nitrogen and oxygen atoms in total. The number of benzene rings is 1. The fraction of sp³-hybridized carbons (Fsp3) is 0.333. The van der Waals surface area contributed by atoms with Crippen molar-refractivity contribution in [2.24, 2.45) is 5.92 Å². The first-order valence-corrected chi connectivity index (χ1v) is 4.95.